The average Bonchev–Trinajstić information content (AvgIpc) is 3.66. The van der Waals surface area contributed by atoms with Crippen LogP contribution in [0.4, 0.5) is 5.82 Å². The van der Waals surface area contributed by atoms with Gasteiger partial charge in [-0.15, -0.1) is 11.3 Å². The second-order valence-electron chi connectivity index (χ2n) is 9.19. The molecule has 8 nitrogen and oxygen atoms in total. The van der Waals surface area contributed by atoms with E-state index in [2.05, 4.69) is 34.6 Å². The Morgan fingerprint density at radius 2 is 1.94 bits per heavy atom. The Balaban J connectivity index is 1.60. The quantitative estimate of drug-likeness (QED) is 0.361. The molecule has 5 aromatic rings. The summed E-state index contributed by atoms with van der Waals surface area (Å²) in [6.07, 6.45) is 8.59. The molecule has 178 valence electrons. The van der Waals surface area contributed by atoms with Crippen molar-refractivity contribution in [2.24, 2.45) is 20.0 Å². The number of thiophene rings is 1. The van der Waals surface area contributed by atoms with Gasteiger partial charge in [0.25, 0.3) is 0 Å². The van der Waals surface area contributed by atoms with E-state index in [0.717, 1.165) is 62.8 Å². The third-order valence-corrected chi connectivity index (χ3v) is 7.83. The lowest BCUT2D eigenvalue weighted by atomic mass is 10.0. The summed E-state index contributed by atoms with van der Waals surface area (Å²) < 4.78 is 3.76. The summed E-state index contributed by atoms with van der Waals surface area (Å²) in [6, 6.07) is 12.7. The van der Waals surface area contributed by atoms with Crippen LogP contribution in [-0.2, 0) is 14.1 Å². The number of benzene rings is 1. The zero-order valence-electron chi connectivity index (χ0n) is 19.7. The van der Waals surface area contributed by atoms with Crippen molar-refractivity contribution < 1.29 is 5.11 Å². The van der Waals surface area contributed by atoms with E-state index in [9.17, 15) is 5.11 Å². The SMILES string of the molecule is Cn1ccc(-c2sc3nc(-c4nccn4C)nc(N[C@@H]4CC[C@H](CO)C4)c3c2-c2ccccc2)n1. The van der Waals surface area contributed by atoms with Crippen molar-refractivity contribution in [3.05, 3.63) is 55.0 Å². The third-order valence-electron chi connectivity index (χ3n) is 6.72. The van der Waals surface area contributed by atoms with Crippen molar-refractivity contribution >= 4 is 27.4 Å². The molecule has 1 aliphatic carbocycles. The van der Waals surface area contributed by atoms with Gasteiger partial charge in [0.1, 0.15) is 16.3 Å². The lowest BCUT2D eigenvalue weighted by molar-refractivity contribution is 0.229. The zero-order chi connectivity index (χ0) is 23.9. The number of imidazole rings is 1. The zero-order valence-corrected chi connectivity index (χ0v) is 20.5. The fourth-order valence-corrected chi connectivity index (χ4v) is 6.11. The number of hydrogen-bond acceptors (Lipinski definition) is 7. The van der Waals surface area contributed by atoms with Crippen LogP contribution in [0.15, 0.2) is 55.0 Å². The third kappa shape index (κ3) is 4.00. The average molecular weight is 486 g/mol. The number of aromatic nitrogens is 6. The van der Waals surface area contributed by atoms with Gasteiger partial charge in [-0.25, -0.2) is 15.0 Å². The second-order valence-corrected chi connectivity index (χ2v) is 10.2. The topological polar surface area (TPSA) is 93.7 Å². The molecular weight excluding hydrogens is 458 g/mol. The minimum Gasteiger partial charge on any atom is -0.396 e. The number of anilines is 1. The Morgan fingerprint density at radius 3 is 2.63 bits per heavy atom. The molecule has 0 aliphatic heterocycles. The molecule has 1 fully saturated rings. The van der Waals surface area contributed by atoms with Gasteiger partial charge in [-0.1, -0.05) is 30.3 Å². The van der Waals surface area contributed by atoms with E-state index < -0.39 is 0 Å². The molecule has 0 unspecified atom stereocenters. The van der Waals surface area contributed by atoms with Crippen molar-refractivity contribution in [3.8, 4) is 33.3 Å². The fourth-order valence-electron chi connectivity index (χ4n) is 4.95. The lowest BCUT2D eigenvalue weighted by Gasteiger charge is -2.16. The second kappa shape index (κ2) is 8.90. The largest absolute Gasteiger partial charge is 0.396 e. The number of aryl methyl sites for hydroxylation is 2. The van der Waals surface area contributed by atoms with Crippen LogP contribution >= 0.6 is 11.3 Å². The maximum atomic E-state index is 9.67. The minimum absolute atomic E-state index is 0.230. The molecule has 0 amide bonds. The monoisotopic (exact) mass is 485 g/mol. The van der Waals surface area contributed by atoms with Crippen LogP contribution in [0.1, 0.15) is 19.3 Å². The number of aliphatic hydroxyl groups is 1. The van der Waals surface area contributed by atoms with Crippen LogP contribution in [0.2, 0.25) is 0 Å². The molecule has 1 aliphatic rings. The summed E-state index contributed by atoms with van der Waals surface area (Å²) in [5, 5.41) is 19.1. The number of fused-ring (bicyclic) bond motifs is 1. The Hall–Kier alpha value is -3.56. The van der Waals surface area contributed by atoms with Crippen LogP contribution in [0.25, 0.3) is 43.6 Å². The van der Waals surface area contributed by atoms with Crippen molar-refractivity contribution in [3.63, 3.8) is 0 Å². The lowest BCUT2D eigenvalue weighted by Crippen LogP contribution is -2.18. The van der Waals surface area contributed by atoms with Gasteiger partial charge >= 0.3 is 0 Å². The van der Waals surface area contributed by atoms with E-state index >= 15 is 0 Å². The van der Waals surface area contributed by atoms with Gasteiger partial charge in [0, 0.05) is 50.9 Å². The summed E-state index contributed by atoms with van der Waals surface area (Å²) in [7, 11) is 3.89. The molecule has 9 heteroatoms. The van der Waals surface area contributed by atoms with Gasteiger partial charge in [-0.2, -0.15) is 5.10 Å². The van der Waals surface area contributed by atoms with E-state index in [0.29, 0.717) is 11.7 Å². The first kappa shape index (κ1) is 21.9. The first-order valence-corrected chi connectivity index (χ1v) is 12.7. The predicted octanol–water partition coefficient (Wildman–Crippen LogP) is 4.73. The normalized spacial score (nSPS) is 17.9. The summed E-state index contributed by atoms with van der Waals surface area (Å²) in [4.78, 5) is 16.5. The predicted molar refractivity (Wildman–Crippen MR) is 139 cm³/mol. The van der Waals surface area contributed by atoms with E-state index in [-0.39, 0.29) is 12.6 Å². The van der Waals surface area contributed by atoms with Crippen molar-refractivity contribution in [1.29, 1.82) is 0 Å². The number of aliphatic hydroxyl groups excluding tert-OH is 1. The highest BCUT2D eigenvalue weighted by molar-refractivity contribution is 7.22. The maximum absolute atomic E-state index is 9.67. The summed E-state index contributed by atoms with van der Waals surface area (Å²) in [5.74, 6) is 2.47. The van der Waals surface area contributed by atoms with E-state index in [1.54, 1.807) is 17.5 Å². The van der Waals surface area contributed by atoms with Crippen LogP contribution in [0, 0.1) is 5.92 Å². The smallest absolute Gasteiger partial charge is 0.199 e. The highest BCUT2D eigenvalue weighted by Crippen LogP contribution is 2.47. The van der Waals surface area contributed by atoms with Gasteiger partial charge in [-0.3, -0.25) is 4.68 Å². The molecule has 0 spiro atoms. The maximum Gasteiger partial charge on any atom is 0.199 e. The number of nitrogens with one attached hydrogen (secondary N) is 1. The van der Waals surface area contributed by atoms with Gasteiger partial charge in [0.05, 0.1) is 10.3 Å². The molecule has 0 radical (unpaired) electrons. The number of nitrogens with zero attached hydrogens (tertiary/aromatic N) is 6. The van der Waals surface area contributed by atoms with E-state index in [1.165, 1.54) is 0 Å². The van der Waals surface area contributed by atoms with Crippen LogP contribution in [0.3, 0.4) is 0 Å². The number of rotatable bonds is 6. The molecule has 6 rings (SSSR count). The molecule has 4 aromatic heterocycles. The molecule has 35 heavy (non-hydrogen) atoms. The highest BCUT2D eigenvalue weighted by Gasteiger charge is 2.28. The molecule has 1 saturated carbocycles. The van der Waals surface area contributed by atoms with E-state index in [4.69, 9.17) is 15.1 Å². The Kier molecular flexibility index (Phi) is 5.58. The Bertz CT molecular complexity index is 1490. The summed E-state index contributed by atoms with van der Waals surface area (Å²) in [5.41, 5.74) is 3.12. The van der Waals surface area contributed by atoms with Crippen molar-refractivity contribution in [2.75, 3.05) is 11.9 Å². The summed E-state index contributed by atoms with van der Waals surface area (Å²) >= 11 is 1.64. The Morgan fingerprint density at radius 1 is 1.09 bits per heavy atom. The molecule has 1 aromatic carbocycles. The standard InChI is InChI=1S/C26H27N7OS/c1-32-13-11-27-25(32)24-29-23(28-18-9-8-16(14-18)15-34)21-20(17-6-4-3-5-7-17)22(35-26(21)30-24)19-10-12-33(2)31-19/h3-7,10-13,16,18,34H,8-9,14-15H2,1-2H3,(H,28,29,30)/t16-,18+/m0/s1. The number of hydrogen-bond donors (Lipinski definition) is 2. The first-order valence-electron chi connectivity index (χ1n) is 11.9. The Labute approximate surface area is 207 Å². The minimum atomic E-state index is 0.230. The molecule has 0 saturated heterocycles. The van der Waals surface area contributed by atoms with Crippen LogP contribution in [0.5, 0.6) is 0 Å². The van der Waals surface area contributed by atoms with Gasteiger partial charge in [-0.05, 0) is 36.8 Å². The van der Waals surface area contributed by atoms with Crippen molar-refractivity contribution in [2.45, 2.75) is 25.3 Å². The molecule has 0 bridgehead atoms. The molecular formula is C26H27N7OS. The van der Waals surface area contributed by atoms with Crippen LogP contribution in [-0.4, -0.2) is 47.1 Å². The van der Waals surface area contributed by atoms with Gasteiger partial charge < -0.3 is 15.0 Å². The van der Waals surface area contributed by atoms with Gasteiger partial charge in [0.15, 0.2) is 11.6 Å². The van der Waals surface area contributed by atoms with E-state index in [1.807, 2.05) is 47.9 Å². The van der Waals surface area contributed by atoms with Gasteiger partial charge in [0.2, 0.25) is 0 Å². The fraction of sp³-hybridized carbons (Fsp3) is 0.308. The highest BCUT2D eigenvalue weighted by atomic mass is 32.1. The molecule has 2 N–H and O–H groups in total. The molecule has 4 heterocycles. The van der Waals surface area contributed by atoms with Crippen molar-refractivity contribution in [1.82, 2.24) is 29.3 Å². The molecule has 2 atom stereocenters. The van der Waals surface area contributed by atoms with Crippen LogP contribution < -0.4 is 5.32 Å². The summed E-state index contributed by atoms with van der Waals surface area (Å²) in [6.45, 7) is 0.230. The first-order chi connectivity index (χ1) is 17.1.